The summed E-state index contributed by atoms with van der Waals surface area (Å²) in [5, 5.41) is 7.87. The molecule has 0 atom stereocenters. The van der Waals surface area contributed by atoms with E-state index in [4.69, 9.17) is 4.99 Å². The average molecular weight is 394 g/mol. The molecule has 1 aromatic carbocycles. The van der Waals surface area contributed by atoms with E-state index in [0.717, 1.165) is 41.7 Å². The predicted molar refractivity (Wildman–Crippen MR) is 118 cm³/mol. The molecule has 2 N–H and O–H groups in total. The molecular formula is C22H31N7. The van der Waals surface area contributed by atoms with Crippen LogP contribution in [0.2, 0.25) is 0 Å². The van der Waals surface area contributed by atoms with E-state index in [2.05, 4.69) is 58.2 Å². The van der Waals surface area contributed by atoms with Gasteiger partial charge in [-0.2, -0.15) is 5.10 Å². The summed E-state index contributed by atoms with van der Waals surface area (Å²) >= 11 is 0. The Balaban J connectivity index is 1.65. The maximum atomic E-state index is 4.81. The van der Waals surface area contributed by atoms with Gasteiger partial charge in [-0.15, -0.1) is 0 Å². The lowest BCUT2D eigenvalue weighted by Crippen LogP contribution is -2.38. The van der Waals surface area contributed by atoms with Gasteiger partial charge in [0.15, 0.2) is 5.96 Å². The minimum Gasteiger partial charge on any atom is -0.357 e. The van der Waals surface area contributed by atoms with Crippen LogP contribution >= 0.6 is 0 Å². The number of benzene rings is 1. The molecule has 29 heavy (non-hydrogen) atoms. The summed E-state index contributed by atoms with van der Waals surface area (Å²) in [6.07, 6.45) is 2.77. The molecule has 0 spiro atoms. The molecule has 7 nitrogen and oxygen atoms in total. The van der Waals surface area contributed by atoms with Gasteiger partial charge >= 0.3 is 0 Å². The molecule has 2 heterocycles. The number of rotatable bonds is 7. The van der Waals surface area contributed by atoms with E-state index in [1.807, 2.05) is 43.2 Å². The number of hydrogen-bond donors (Lipinski definition) is 2. The lowest BCUT2D eigenvalue weighted by Gasteiger charge is -2.21. The van der Waals surface area contributed by atoms with Gasteiger partial charge in [-0.25, -0.2) is 4.98 Å². The highest BCUT2D eigenvalue weighted by Gasteiger charge is 2.11. The van der Waals surface area contributed by atoms with Crippen LogP contribution in [0.3, 0.4) is 0 Å². The van der Waals surface area contributed by atoms with Crippen molar-refractivity contribution in [3.05, 3.63) is 59.3 Å². The summed E-state index contributed by atoms with van der Waals surface area (Å²) in [5.41, 5.74) is 5.74. The van der Waals surface area contributed by atoms with Crippen molar-refractivity contribution in [2.45, 2.75) is 33.7 Å². The Morgan fingerprint density at radius 2 is 2.00 bits per heavy atom. The molecule has 3 aromatic rings. The standard InChI is InChI=1S/C22H31N7/c1-6-23-22(24-13-12-19-16(2)27-29(5)17(19)3)28(4)15-21-25-14-20(26-21)18-10-8-7-9-11-18/h7-11,14H,6,12-13,15H2,1-5H3,(H,23,24)(H,25,26). The highest BCUT2D eigenvalue weighted by molar-refractivity contribution is 5.79. The van der Waals surface area contributed by atoms with E-state index in [1.165, 1.54) is 11.3 Å². The van der Waals surface area contributed by atoms with Crippen molar-refractivity contribution in [2.24, 2.45) is 12.0 Å². The smallest absolute Gasteiger partial charge is 0.194 e. The quantitative estimate of drug-likeness (QED) is 0.478. The van der Waals surface area contributed by atoms with Crippen molar-refractivity contribution in [3.8, 4) is 11.3 Å². The molecule has 0 radical (unpaired) electrons. The van der Waals surface area contributed by atoms with Crippen molar-refractivity contribution in [1.29, 1.82) is 0 Å². The van der Waals surface area contributed by atoms with E-state index >= 15 is 0 Å². The zero-order valence-electron chi connectivity index (χ0n) is 18.0. The second kappa shape index (κ2) is 9.41. The average Bonchev–Trinajstić information content (AvgIpc) is 3.27. The Bertz CT molecular complexity index is 953. The monoisotopic (exact) mass is 393 g/mol. The molecule has 0 fully saturated rings. The summed E-state index contributed by atoms with van der Waals surface area (Å²) < 4.78 is 1.94. The summed E-state index contributed by atoms with van der Waals surface area (Å²) in [6, 6.07) is 10.2. The first-order valence-corrected chi connectivity index (χ1v) is 10.1. The zero-order valence-corrected chi connectivity index (χ0v) is 18.0. The van der Waals surface area contributed by atoms with Crippen molar-refractivity contribution in [2.75, 3.05) is 20.1 Å². The lowest BCUT2D eigenvalue weighted by atomic mass is 10.1. The second-order valence-corrected chi connectivity index (χ2v) is 7.22. The van der Waals surface area contributed by atoms with Gasteiger partial charge < -0.3 is 15.2 Å². The molecule has 0 saturated heterocycles. The zero-order chi connectivity index (χ0) is 20.8. The highest BCUT2D eigenvalue weighted by Crippen LogP contribution is 2.16. The normalized spacial score (nSPS) is 11.7. The SMILES string of the molecule is CCNC(=NCCc1c(C)nn(C)c1C)N(C)Cc1ncc(-c2ccccc2)[nH]1. The molecule has 0 aliphatic rings. The van der Waals surface area contributed by atoms with Crippen LogP contribution in [-0.2, 0) is 20.0 Å². The first-order chi connectivity index (χ1) is 14.0. The lowest BCUT2D eigenvalue weighted by molar-refractivity contribution is 0.464. The van der Waals surface area contributed by atoms with Crippen LogP contribution < -0.4 is 5.32 Å². The second-order valence-electron chi connectivity index (χ2n) is 7.22. The van der Waals surface area contributed by atoms with Gasteiger partial charge in [0, 0.05) is 32.9 Å². The van der Waals surface area contributed by atoms with Gasteiger partial charge in [0.05, 0.1) is 24.1 Å². The largest absolute Gasteiger partial charge is 0.357 e. The molecule has 0 saturated carbocycles. The number of aromatic nitrogens is 4. The maximum Gasteiger partial charge on any atom is 0.194 e. The summed E-state index contributed by atoms with van der Waals surface area (Å²) in [6.45, 7) is 8.44. The summed E-state index contributed by atoms with van der Waals surface area (Å²) in [4.78, 5) is 14.9. The minimum absolute atomic E-state index is 0.656. The molecule has 0 bridgehead atoms. The van der Waals surface area contributed by atoms with Gasteiger partial charge in [0.1, 0.15) is 5.82 Å². The van der Waals surface area contributed by atoms with Crippen molar-refractivity contribution in [1.82, 2.24) is 30.0 Å². The fourth-order valence-corrected chi connectivity index (χ4v) is 3.43. The van der Waals surface area contributed by atoms with Gasteiger partial charge in [-0.05, 0) is 38.3 Å². The number of nitrogens with zero attached hydrogens (tertiary/aromatic N) is 5. The highest BCUT2D eigenvalue weighted by atomic mass is 15.3. The third kappa shape index (κ3) is 5.04. The number of aryl methyl sites for hydroxylation is 2. The van der Waals surface area contributed by atoms with Gasteiger partial charge in [-0.1, -0.05) is 30.3 Å². The Kier molecular flexibility index (Phi) is 6.69. The summed E-state index contributed by atoms with van der Waals surface area (Å²) in [5.74, 6) is 1.79. The van der Waals surface area contributed by atoms with E-state index in [1.54, 1.807) is 0 Å². The fraction of sp³-hybridized carbons (Fsp3) is 0.409. The molecule has 3 rings (SSSR count). The number of H-pyrrole nitrogens is 1. The molecule has 0 aliphatic heterocycles. The third-order valence-corrected chi connectivity index (χ3v) is 5.08. The Morgan fingerprint density at radius 3 is 2.66 bits per heavy atom. The van der Waals surface area contributed by atoms with E-state index in [-0.39, 0.29) is 0 Å². The topological polar surface area (TPSA) is 74.1 Å². The minimum atomic E-state index is 0.656. The Morgan fingerprint density at radius 1 is 1.24 bits per heavy atom. The van der Waals surface area contributed by atoms with Crippen molar-refractivity contribution >= 4 is 5.96 Å². The third-order valence-electron chi connectivity index (χ3n) is 5.08. The molecule has 0 unspecified atom stereocenters. The van der Waals surface area contributed by atoms with Crippen LogP contribution in [0.25, 0.3) is 11.3 Å². The van der Waals surface area contributed by atoms with Crippen LogP contribution in [0, 0.1) is 13.8 Å². The maximum absolute atomic E-state index is 4.81. The number of guanidine groups is 1. The van der Waals surface area contributed by atoms with Gasteiger partial charge in [0.2, 0.25) is 0 Å². The van der Waals surface area contributed by atoms with Crippen LogP contribution in [0.4, 0.5) is 0 Å². The number of aliphatic imine (C=N–C) groups is 1. The fourth-order valence-electron chi connectivity index (χ4n) is 3.43. The van der Waals surface area contributed by atoms with E-state index < -0.39 is 0 Å². The van der Waals surface area contributed by atoms with Crippen LogP contribution in [0.15, 0.2) is 41.5 Å². The Hall–Kier alpha value is -3.09. The molecule has 0 aliphatic carbocycles. The summed E-state index contributed by atoms with van der Waals surface area (Å²) in [7, 11) is 4.02. The number of aromatic amines is 1. The predicted octanol–water partition coefficient (Wildman–Crippen LogP) is 3.07. The molecule has 154 valence electrons. The first-order valence-electron chi connectivity index (χ1n) is 10.1. The Labute approximate surface area is 172 Å². The van der Waals surface area contributed by atoms with Crippen LogP contribution in [-0.4, -0.2) is 50.7 Å². The number of hydrogen-bond acceptors (Lipinski definition) is 3. The molecule has 7 heteroatoms. The van der Waals surface area contributed by atoms with E-state index in [9.17, 15) is 0 Å². The van der Waals surface area contributed by atoms with Crippen LogP contribution in [0.5, 0.6) is 0 Å². The number of imidazole rings is 1. The molecule has 2 aromatic heterocycles. The number of nitrogens with one attached hydrogen (secondary N) is 2. The molecular weight excluding hydrogens is 362 g/mol. The van der Waals surface area contributed by atoms with Crippen molar-refractivity contribution in [3.63, 3.8) is 0 Å². The van der Waals surface area contributed by atoms with Crippen LogP contribution in [0.1, 0.15) is 29.7 Å². The first kappa shape index (κ1) is 20.6. The van der Waals surface area contributed by atoms with Crippen molar-refractivity contribution < 1.29 is 0 Å². The molecule has 0 amide bonds. The van der Waals surface area contributed by atoms with Gasteiger partial charge in [0.25, 0.3) is 0 Å². The van der Waals surface area contributed by atoms with Gasteiger partial charge in [-0.3, -0.25) is 9.67 Å². The van der Waals surface area contributed by atoms with E-state index in [0.29, 0.717) is 13.1 Å².